The smallest absolute Gasteiger partial charge is 0.317 e. The summed E-state index contributed by atoms with van der Waals surface area (Å²) in [5.74, 6) is 0. The standard InChI is InChI=1S/C9H19N3O/c1-7(6-8-4-5-10-8)11-9(13)12(2)3/h7-8,10H,4-6H2,1-3H3,(H,11,13). The largest absolute Gasteiger partial charge is 0.335 e. The molecule has 0 aliphatic carbocycles. The highest BCUT2D eigenvalue weighted by atomic mass is 16.2. The molecule has 1 rings (SSSR count). The molecule has 1 fully saturated rings. The Morgan fingerprint density at radius 1 is 1.69 bits per heavy atom. The molecule has 0 aromatic carbocycles. The van der Waals surface area contributed by atoms with E-state index >= 15 is 0 Å². The summed E-state index contributed by atoms with van der Waals surface area (Å²) in [5.41, 5.74) is 0. The van der Waals surface area contributed by atoms with E-state index in [4.69, 9.17) is 0 Å². The summed E-state index contributed by atoms with van der Waals surface area (Å²) in [7, 11) is 3.51. The third kappa shape index (κ3) is 3.22. The van der Waals surface area contributed by atoms with E-state index in [1.54, 1.807) is 19.0 Å². The molecule has 76 valence electrons. The van der Waals surface area contributed by atoms with Gasteiger partial charge >= 0.3 is 6.03 Å². The predicted octanol–water partition coefficient (Wildman–Crippen LogP) is 0.398. The second kappa shape index (κ2) is 4.46. The Kier molecular flexibility index (Phi) is 3.54. The molecule has 0 bridgehead atoms. The fraction of sp³-hybridized carbons (Fsp3) is 0.889. The number of carbonyl (C=O) groups excluding carboxylic acids is 1. The Balaban J connectivity index is 2.15. The van der Waals surface area contributed by atoms with E-state index in [-0.39, 0.29) is 12.1 Å². The first-order chi connectivity index (χ1) is 6.09. The van der Waals surface area contributed by atoms with Crippen molar-refractivity contribution in [2.24, 2.45) is 0 Å². The minimum absolute atomic E-state index is 0.00757. The molecule has 0 saturated carbocycles. The number of urea groups is 1. The maximum absolute atomic E-state index is 11.2. The summed E-state index contributed by atoms with van der Waals surface area (Å²) in [4.78, 5) is 12.8. The van der Waals surface area contributed by atoms with E-state index in [2.05, 4.69) is 10.6 Å². The van der Waals surface area contributed by atoms with Crippen molar-refractivity contribution in [2.45, 2.75) is 31.8 Å². The number of hydrogen-bond donors (Lipinski definition) is 2. The van der Waals surface area contributed by atoms with Gasteiger partial charge in [0.05, 0.1) is 0 Å². The lowest BCUT2D eigenvalue weighted by atomic mass is 10.00. The molecule has 0 spiro atoms. The Bertz CT molecular complexity index is 178. The number of rotatable bonds is 3. The van der Waals surface area contributed by atoms with Gasteiger partial charge in [-0.2, -0.15) is 0 Å². The van der Waals surface area contributed by atoms with Crippen molar-refractivity contribution in [3.05, 3.63) is 0 Å². The minimum atomic E-state index is -0.00757. The molecule has 1 saturated heterocycles. The van der Waals surface area contributed by atoms with Crippen LogP contribution in [0.1, 0.15) is 19.8 Å². The molecule has 0 radical (unpaired) electrons. The Hall–Kier alpha value is -0.770. The molecule has 0 aromatic rings. The molecule has 1 heterocycles. The SMILES string of the molecule is CC(CC1CCN1)NC(=O)N(C)C. The van der Waals surface area contributed by atoms with Crippen LogP contribution in [-0.4, -0.2) is 43.7 Å². The van der Waals surface area contributed by atoms with Crippen molar-refractivity contribution < 1.29 is 4.79 Å². The molecular formula is C9H19N3O. The van der Waals surface area contributed by atoms with Crippen molar-refractivity contribution in [1.82, 2.24) is 15.5 Å². The molecule has 4 heteroatoms. The van der Waals surface area contributed by atoms with Gasteiger partial charge in [-0.05, 0) is 26.3 Å². The van der Waals surface area contributed by atoms with Gasteiger partial charge in [0.15, 0.2) is 0 Å². The van der Waals surface area contributed by atoms with E-state index < -0.39 is 0 Å². The van der Waals surface area contributed by atoms with Crippen LogP contribution in [0.2, 0.25) is 0 Å². The second-order valence-electron chi connectivity index (χ2n) is 3.92. The zero-order chi connectivity index (χ0) is 9.84. The second-order valence-corrected chi connectivity index (χ2v) is 3.92. The molecule has 1 aliphatic rings. The molecule has 2 atom stereocenters. The molecule has 0 aromatic heterocycles. The lowest BCUT2D eigenvalue weighted by Crippen LogP contribution is -2.48. The first-order valence-electron chi connectivity index (χ1n) is 4.81. The van der Waals surface area contributed by atoms with E-state index in [9.17, 15) is 4.79 Å². The van der Waals surface area contributed by atoms with Gasteiger partial charge in [-0.15, -0.1) is 0 Å². The van der Waals surface area contributed by atoms with Gasteiger partial charge in [-0.3, -0.25) is 0 Å². The summed E-state index contributed by atoms with van der Waals surface area (Å²) < 4.78 is 0. The van der Waals surface area contributed by atoms with Gasteiger partial charge in [0.25, 0.3) is 0 Å². The average molecular weight is 185 g/mol. The van der Waals surface area contributed by atoms with Crippen LogP contribution in [0, 0.1) is 0 Å². The lowest BCUT2D eigenvalue weighted by Gasteiger charge is -2.30. The monoisotopic (exact) mass is 185 g/mol. The zero-order valence-corrected chi connectivity index (χ0v) is 8.63. The van der Waals surface area contributed by atoms with Gasteiger partial charge in [-0.1, -0.05) is 0 Å². The number of nitrogens with one attached hydrogen (secondary N) is 2. The quantitative estimate of drug-likeness (QED) is 0.668. The molecular weight excluding hydrogens is 166 g/mol. The van der Waals surface area contributed by atoms with Crippen molar-refractivity contribution in [3.63, 3.8) is 0 Å². The molecule has 2 unspecified atom stereocenters. The van der Waals surface area contributed by atoms with Crippen LogP contribution < -0.4 is 10.6 Å². The highest BCUT2D eigenvalue weighted by Crippen LogP contribution is 2.08. The van der Waals surface area contributed by atoms with E-state index in [1.165, 1.54) is 6.42 Å². The number of amides is 2. The maximum atomic E-state index is 11.2. The van der Waals surface area contributed by atoms with Crippen molar-refractivity contribution in [2.75, 3.05) is 20.6 Å². The summed E-state index contributed by atoms with van der Waals surface area (Å²) in [6.07, 6.45) is 2.27. The van der Waals surface area contributed by atoms with Gasteiger partial charge in [0.2, 0.25) is 0 Å². The third-order valence-corrected chi connectivity index (χ3v) is 2.34. The lowest BCUT2D eigenvalue weighted by molar-refractivity contribution is 0.210. The van der Waals surface area contributed by atoms with Crippen LogP contribution >= 0.6 is 0 Å². The Morgan fingerprint density at radius 3 is 2.69 bits per heavy atom. The first kappa shape index (κ1) is 10.3. The van der Waals surface area contributed by atoms with Crippen molar-refractivity contribution in [1.29, 1.82) is 0 Å². The highest BCUT2D eigenvalue weighted by molar-refractivity contribution is 5.73. The van der Waals surface area contributed by atoms with Crippen LogP contribution in [0.4, 0.5) is 4.79 Å². The molecule has 13 heavy (non-hydrogen) atoms. The van der Waals surface area contributed by atoms with E-state index in [0.717, 1.165) is 13.0 Å². The molecule has 2 N–H and O–H groups in total. The van der Waals surface area contributed by atoms with Gasteiger partial charge in [-0.25, -0.2) is 4.79 Å². The Labute approximate surface area is 79.7 Å². The predicted molar refractivity (Wildman–Crippen MR) is 52.7 cm³/mol. The van der Waals surface area contributed by atoms with Crippen molar-refractivity contribution >= 4 is 6.03 Å². The van der Waals surface area contributed by atoms with Crippen molar-refractivity contribution in [3.8, 4) is 0 Å². The molecule has 4 nitrogen and oxygen atoms in total. The van der Waals surface area contributed by atoms with Crippen LogP contribution in [-0.2, 0) is 0 Å². The normalized spacial score (nSPS) is 23.2. The summed E-state index contributed by atoms with van der Waals surface area (Å²) >= 11 is 0. The number of carbonyl (C=O) groups is 1. The topological polar surface area (TPSA) is 44.4 Å². The first-order valence-corrected chi connectivity index (χ1v) is 4.81. The number of nitrogens with zero attached hydrogens (tertiary/aromatic N) is 1. The van der Waals surface area contributed by atoms with Crippen LogP contribution in [0.25, 0.3) is 0 Å². The minimum Gasteiger partial charge on any atom is -0.335 e. The fourth-order valence-corrected chi connectivity index (χ4v) is 1.38. The zero-order valence-electron chi connectivity index (χ0n) is 8.63. The molecule has 2 amide bonds. The van der Waals surface area contributed by atoms with Gasteiger partial charge in [0, 0.05) is 26.2 Å². The van der Waals surface area contributed by atoms with Gasteiger partial charge < -0.3 is 15.5 Å². The Morgan fingerprint density at radius 2 is 2.31 bits per heavy atom. The van der Waals surface area contributed by atoms with Crippen LogP contribution in [0.15, 0.2) is 0 Å². The van der Waals surface area contributed by atoms with Gasteiger partial charge in [0.1, 0.15) is 0 Å². The summed E-state index contributed by atoms with van der Waals surface area (Å²) in [6.45, 7) is 3.17. The maximum Gasteiger partial charge on any atom is 0.317 e. The average Bonchev–Trinajstić information content (AvgIpc) is 1.96. The fourth-order valence-electron chi connectivity index (χ4n) is 1.38. The highest BCUT2D eigenvalue weighted by Gasteiger charge is 2.20. The van der Waals surface area contributed by atoms with Crippen LogP contribution in [0.3, 0.4) is 0 Å². The van der Waals surface area contributed by atoms with Crippen LogP contribution in [0.5, 0.6) is 0 Å². The van der Waals surface area contributed by atoms with E-state index in [1.807, 2.05) is 6.92 Å². The third-order valence-electron chi connectivity index (χ3n) is 2.34. The summed E-state index contributed by atoms with van der Waals surface area (Å²) in [6, 6.07) is 0.858. The summed E-state index contributed by atoms with van der Waals surface area (Å²) in [5, 5.41) is 6.24. The van der Waals surface area contributed by atoms with E-state index in [0.29, 0.717) is 6.04 Å². The number of hydrogen-bond acceptors (Lipinski definition) is 2. The molecule has 1 aliphatic heterocycles.